The minimum absolute atomic E-state index is 0.0906. The molecule has 0 radical (unpaired) electrons. The van der Waals surface area contributed by atoms with Crippen molar-refractivity contribution in [3.8, 4) is 11.6 Å². The van der Waals surface area contributed by atoms with Crippen molar-refractivity contribution in [3.05, 3.63) is 48.5 Å². The maximum absolute atomic E-state index is 14.5. The van der Waals surface area contributed by atoms with Gasteiger partial charge >= 0.3 is 0 Å². The average molecular weight is 446 g/mol. The Morgan fingerprint density at radius 3 is 2.55 bits per heavy atom. The van der Waals surface area contributed by atoms with E-state index < -0.39 is 15.7 Å². The molecule has 1 saturated heterocycles. The molecule has 1 aromatic carbocycles. The van der Waals surface area contributed by atoms with Crippen LogP contribution in [0.1, 0.15) is 26.7 Å². The van der Waals surface area contributed by atoms with E-state index in [0.29, 0.717) is 23.0 Å². The van der Waals surface area contributed by atoms with Gasteiger partial charge in [0.05, 0.1) is 16.6 Å². The van der Waals surface area contributed by atoms with Crippen LogP contribution < -0.4 is 4.74 Å². The molecule has 4 rings (SSSR count). The van der Waals surface area contributed by atoms with Crippen molar-refractivity contribution >= 4 is 20.7 Å². The summed E-state index contributed by atoms with van der Waals surface area (Å²) in [5.41, 5.74) is 0.559. The maximum atomic E-state index is 14.5. The molecule has 0 spiro atoms. The number of likely N-dealkylation sites (tertiary alicyclic amines) is 1. The maximum Gasteiger partial charge on any atom is 0.175 e. The number of hydrogen-bond acceptors (Lipinski definition) is 5. The van der Waals surface area contributed by atoms with E-state index in [4.69, 9.17) is 4.74 Å². The van der Waals surface area contributed by atoms with E-state index in [1.54, 1.807) is 22.9 Å². The Morgan fingerprint density at radius 2 is 1.94 bits per heavy atom. The molecule has 3 heterocycles. The van der Waals surface area contributed by atoms with Crippen molar-refractivity contribution in [2.45, 2.75) is 37.7 Å². The van der Waals surface area contributed by atoms with Gasteiger partial charge in [-0.3, -0.25) is 4.57 Å². The van der Waals surface area contributed by atoms with Crippen molar-refractivity contribution < 1.29 is 17.5 Å². The number of piperidine rings is 1. The lowest BCUT2D eigenvalue weighted by molar-refractivity contribution is 0.0938. The second kappa shape index (κ2) is 8.59. The number of hydrogen-bond donors (Lipinski definition) is 0. The summed E-state index contributed by atoms with van der Waals surface area (Å²) in [6.07, 6.45) is 6.25. The van der Waals surface area contributed by atoms with Crippen LogP contribution in [0.4, 0.5) is 4.39 Å². The summed E-state index contributed by atoms with van der Waals surface area (Å²) in [6.45, 7) is 7.67. The Morgan fingerprint density at radius 1 is 1.19 bits per heavy atom. The van der Waals surface area contributed by atoms with E-state index >= 15 is 0 Å². The second-order valence-corrected chi connectivity index (χ2v) is 10.7. The number of ether oxygens (including phenoxy) is 1. The minimum atomic E-state index is -3.41. The zero-order valence-electron chi connectivity index (χ0n) is 18.1. The fraction of sp³-hybridized carbons (Fsp3) is 0.435. The highest BCUT2D eigenvalue weighted by Gasteiger charge is 2.21. The number of halogens is 1. The highest BCUT2D eigenvalue weighted by molar-refractivity contribution is 7.90. The highest BCUT2D eigenvalue weighted by atomic mass is 32.2. The fourth-order valence-corrected chi connectivity index (χ4v) is 4.74. The molecule has 0 amide bonds. The van der Waals surface area contributed by atoms with Crippen LogP contribution in [-0.4, -0.2) is 54.9 Å². The van der Waals surface area contributed by atoms with Gasteiger partial charge in [-0.25, -0.2) is 17.8 Å². The number of nitrogens with zero attached hydrogens (tertiary/aromatic N) is 3. The van der Waals surface area contributed by atoms with Gasteiger partial charge in [0.1, 0.15) is 23.5 Å². The average Bonchev–Trinajstić information content (AvgIpc) is 3.05. The lowest BCUT2D eigenvalue weighted by Gasteiger charge is -2.33. The van der Waals surface area contributed by atoms with E-state index in [9.17, 15) is 12.8 Å². The van der Waals surface area contributed by atoms with Crippen LogP contribution in [-0.2, 0) is 9.84 Å². The zero-order chi connectivity index (χ0) is 22.2. The smallest absolute Gasteiger partial charge is 0.175 e. The van der Waals surface area contributed by atoms with Gasteiger partial charge in [0, 0.05) is 37.5 Å². The van der Waals surface area contributed by atoms with E-state index in [-0.39, 0.29) is 16.4 Å². The summed E-state index contributed by atoms with van der Waals surface area (Å²) in [5, 5.41) is 0.248. The van der Waals surface area contributed by atoms with Crippen LogP contribution >= 0.6 is 0 Å². The van der Waals surface area contributed by atoms with Gasteiger partial charge in [-0.15, -0.1) is 0 Å². The first kappa shape index (κ1) is 21.8. The SMILES string of the molecule is CC(C)CN1CCC(Oc2ccc(-n3cc(F)c4cc(S(C)(=O)=O)ccc43)nc2)CC1. The van der Waals surface area contributed by atoms with Crippen molar-refractivity contribution in [2.24, 2.45) is 5.92 Å². The quantitative estimate of drug-likeness (QED) is 0.572. The van der Waals surface area contributed by atoms with Crippen LogP contribution in [0.25, 0.3) is 16.7 Å². The Hall–Kier alpha value is -2.45. The highest BCUT2D eigenvalue weighted by Crippen LogP contribution is 2.27. The normalized spacial score (nSPS) is 16.3. The van der Waals surface area contributed by atoms with Crippen LogP contribution in [0.5, 0.6) is 5.75 Å². The first-order chi connectivity index (χ1) is 14.7. The summed E-state index contributed by atoms with van der Waals surface area (Å²) in [4.78, 5) is 7.02. The molecule has 8 heteroatoms. The minimum Gasteiger partial charge on any atom is -0.489 e. The molecule has 1 aliphatic heterocycles. The summed E-state index contributed by atoms with van der Waals surface area (Å²) in [7, 11) is -3.41. The Balaban J connectivity index is 1.48. The van der Waals surface area contributed by atoms with Gasteiger partial charge in [0.15, 0.2) is 9.84 Å². The first-order valence-electron chi connectivity index (χ1n) is 10.6. The van der Waals surface area contributed by atoms with Crippen molar-refractivity contribution in [1.82, 2.24) is 14.5 Å². The first-order valence-corrected chi connectivity index (χ1v) is 12.5. The number of benzene rings is 1. The van der Waals surface area contributed by atoms with Crippen molar-refractivity contribution in [1.29, 1.82) is 0 Å². The third kappa shape index (κ3) is 4.91. The molecular weight excluding hydrogens is 417 g/mol. The van der Waals surface area contributed by atoms with Crippen LogP contribution in [0.15, 0.2) is 47.6 Å². The molecule has 3 aromatic rings. The molecule has 0 N–H and O–H groups in total. The largest absolute Gasteiger partial charge is 0.489 e. The zero-order valence-corrected chi connectivity index (χ0v) is 18.9. The number of pyridine rings is 1. The second-order valence-electron chi connectivity index (χ2n) is 8.66. The molecule has 166 valence electrons. The number of aromatic nitrogens is 2. The fourth-order valence-electron chi connectivity index (χ4n) is 4.09. The Labute approximate surface area is 182 Å². The predicted octanol–water partition coefficient (Wildman–Crippen LogP) is 4.07. The third-order valence-corrected chi connectivity index (χ3v) is 6.69. The lowest BCUT2D eigenvalue weighted by Crippen LogP contribution is -2.39. The summed E-state index contributed by atoms with van der Waals surface area (Å²) in [5.74, 6) is 1.42. The molecule has 2 aromatic heterocycles. The molecule has 0 aliphatic carbocycles. The topological polar surface area (TPSA) is 64.4 Å². The molecule has 0 unspecified atom stereocenters. The summed E-state index contributed by atoms with van der Waals surface area (Å²) >= 11 is 0. The number of fused-ring (bicyclic) bond motifs is 1. The van der Waals surface area contributed by atoms with E-state index in [1.165, 1.54) is 18.3 Å². The van der Waals surface area contributed by atoms with Crippen LogP contribution in [0, 0.1) is 11.7 Å². The monoisotopic (exact) mass is 445 g/mol. The molecule has 31 heavy (non-hydrogen) atoms. The lowest BCUT2D eigenvalue weighted by atomic mass is 10.1. The van der Waals surface area contributed by atoms with E-state index in [2.05, 4.69) is 23.7 Å². The molecule has 1 aliphatic rings. The summed E-state index contributed by atoms with van der Waals surface area (Å²) in [6, 6.07) is 8.08. The van der Waals surface area contributed by atoms with Gasteiger partial charge in [-0.2, -0.15) is 0 Å². The number of sulfone groups is 1. The van der Waals surface area contributed by atoms with Crippen LogP contribution in [0.3, 0.4) is 0 Å². The molecular formula is C23H28FN3O3S. The van der Waals surface area contributed by atoms with Crippen LogP contribution in [0.2, 0.25) is 0 Å². The van der Waals surface area contributed by atoms with Gasteiger partial charge in [0.25, 0.3) is 0 Å². The molecule has 0 atom stereocenters. The molecule has 1 fully saturated rings. The predicted molar refractivity (Wildman–Crippen MR) is 119 cm³/mol. The van der Waals surface area contributed by atoms with Gasteiger partial charge in [-0.1, -0.05) is 13.8 Å². The number of rotatable bonds is 6. The summed E-state index contributed by atoms with van der Waals surface area (Å²) < 4.78 is 45.8. The van der Waals surface area contributed by atoms with Crippen molar-refractivity contribution in [2.75, 3.05) is 25.9 Å². The van der Waals surface area contributed by atoms with E-state index in [0.717, 1.165) is 38.7 Å². The van der Waals surface area contributed by atoms with Gasteiger partial charge in [-0.05, 0) is 49.1 Å². The molecule has 6 nitrogen and oxygen atoms in total. The van der Waals surface area contributed by atoms with Crippen molar-refractivity contribution in [3.63, 3.8) is 0 Å². The standard InChI is InChI=1S/C23H28FN3O3S/c1-16(2)14-26-10-8-17(9-11-26)30-18-4-7-23(25-13-18)27-15-21(24)20-12-19(31(3,28)29)5-6-22(20)27/h4-7,12-13,15-17H,8-11,14H2,1-3H3. The third-order valence-electron chi connectivity index (χ3n) is 5.58. The van der Waals surface area contributed by atoms with Gasteiger partial charge < -0.3 is 9.64 Å². The van der Waals surface area contributed by atoms with Gasteiger partial charge in [0.2, 0.25) is 0 Å². The van der Waals surface area contributed by atoms with E-state index in [1.807, 2.05) is 6.07 Å². The Bertz CT molecular complexity index is 1160. The molecule has 0 bridgehead atoms. The molecule has 0 saturated carbocycles. The Kier molecular flexibility index (Phi) is 6.03.